The molecule has 1 aromatic heterocycles. The number of piperazine rings is 1. The number of nitrogens with one attached hydrogen (secondary N) is 2. The summed E-state index contributed by atoms with van der Waals surface area (Å²) in [6.07, 6.45) is 0.458. The maximum Gasteiger partial charge on any atom is 0.262 e. The minimum Gasteiger partial charge on any atom is -0.382 e. The summed E-state index contributed by atoms with van der Waals surface area (Å²) in [6.45, 7) is 4.59. The summed E-state index contributed by atoms with van der Waals surface area (Å²) >= 11 is 13.4. The first-order chi connectivity index (χ1) is 20.4. The lowest BCUT2D eigenvalue weighted by atomic mass is 10.0. The van der Waals surface area contributed by atoms with Crippen molar-refractivity contribution >= 4 is 72.4 Å². The number of halogens is 2. The van der Waals surface area contributed by atoms with E-state index in [1.54, 1.807) is 4.90 Å². The number of hydrogen-bond acceptors (Lipinski definition) is 7. The first-order valence-corrected chi connectivity index (χ1v) is 16.8. The topological polar surface area (TPSA) is 125 Å². The maximum atomic E-state index is 13.6. The standard InChI is InChI=1S/C29H34Cl2N4O6S2/c1-18(2)14-22(32-27(36)25-15-19-6-4-5-7-24(19)42-25)28(37)34-10-12-35(13-11-34)29(38)23(17-41-3)33-43(39,40)26-9-8-20(30)16-21(26)31/h4-9,15-16,18,22-23,33H,10-14,17H2,1-3H3,(H,32,36)/t22-,23-/m0/s1. The summed E-state index contributed by atoms with van der Waals surface area (Å²) in [7, 11) is -2.81. The van der Waals surface area contributed by atoms with E-state index in [1.807, 2.05) is 44.2 Å². The van der Waals surface area contributed by atoms with Crippen molar-refractivity contribution in [3.05, 3.63) is 63.5 Å². The van der Waals surface area contributed by atoms with Gasteiger partial charge in [0, 0.05) is 43.0 Å². The second-order valence-electron chi connectivity index (χ2n) is 10.7. The van der Waals surface area contributed by atoms with E-state index in [1.165, 1.54) is 41.5 Å². The van der Waals surface area contributed by atoms with Crippen LogP contribution < -0.4 is 10.0 Å². The van der Waals surface area contributed by atoms with E-state index < -0.39 is 28.0 Å². The Balaban J connectivity index is 1.40. The van der Waals surface area contributed by atoms with Gasteiger partial charge in [0.05, 0.1) is 16.5 Å². The molecule has 14 heteroatoms. The van der Waals surface area contributed by atoms with Gasteiger partial charge in [-0.3, -0.25) is 14.4 Å². The average Bonchev–Trinajstić information content (AvgIpc) is 3.40. The molecule has 3 aromatic rings. The molecule has 1 fully saturated rings. The van der Waals surface area contributed by atoms with E-state index in [2.05, 4.69) is 10.0 Å². The highest BCUT2D eigenvalue weighted by Crippen LogP contribution is 2.26. The molecule has 232 valence electrons. The molecule has 2 N–H and O–H groups in total. The van der Waals surface area contributed by atoms with Crippen molar-refractivity contribution in [1.29, 1.82) is 0 Å². The Morgan fingerprint density at radius 1 is 0.953 bits per heavy atom. The van der Waals surface area contributed by atoms with Crippen LogP contribution in [0.5, 0.6) is 0 Å². The number of rotatable bonds is 11. The lowest BCUT2D eigenvalue weighted by Gasteiger charge is -2.38. The van der Waals surface area contributed by atoms with Gasteiger partial charge in [0.1, 0.15) is 17.0 Å². The fourth-order valence-electron chi connectivity index (χ4n) is 4.87. The van der Waals surface area contributed by atoms with Crippen LogP contribution in [0.2, 0.25) is 10.0 Å². The summed E-state index contributed by atoms with van der Waals surface area (Å²) in [5.74, 6) is -0.859. The molecule has 0 saturated carbocycles. The van der Waals surface area contributed by atoms with Gasteiger partial charge in [0.15, 0.2) is 0 Å². The Labute approximate surface area is 265 Å². The first kappa shape index (κ1) is 33.2. The number of thiophene rings is 1. The number of hydrogen-bond donors (Lipinski definition) is 2. The van der Waals surface area contributed by atoms with Crippen LogP contribution in [-0.4, -0.2) is 87.9 Å². The van der Waals surface area contributed by atoms with Crippen molar-refractivity contribution < 1.29 is 27.5 Å². The molecule has 0 unspecified atom stereocenters. The van der Waals surface area contributed by atoms with E-state index >= 15 is 0 Å². The number of amides is 3. The van der Waals surface area contributed by atoms with Crippen molar-refractivity contribution in [2.45, 2.75) is 37.2 Å². The number of methoxy groups -OCH3 is 1. The Kier molecular flexibility index (Phi) is 11.1. The highest BCUT2D eigenvalue weighted by atomic mass is 35.5. The smallest absolute Gasteiger partial charge is 0.262 e. The lowest BCUT2D eigenvalue weighted by molar-refractivity contribution is -0.142. The van der Waals surface area contributed by atoms with Crippen LogP contribution in [0.1, 0.15) is 29.9 Å². The molecule has 4 rings (SSSR count). The molecule has 2 atom stereocenters. The van der Waals surface area contributed by atoms with E-state index in [4.69, 9.17) is 27.9 Å². The minimum atomic E-state index is -4.18. The van der Waals surface area contributed by atoms with Crippen molar-refractivity contribution in [2.24, 2.45) is 5.92 Å². The quantitative estimate of drug-likeness (QED) is 0.318. The van der Waals surface area contributed by atoms with Crippen molar-refractivity contribution in [2.75, 3.05) is 39.9 Å². The number of benzene rings is 2. The molecular formula is C29H34Cl2N4O6S2. The predicted molar refractivity (Wildman–Crippen MR) is 168 cm³/mol. The zero-order valence-corrected chi connectivity index (χ0v) is 27.2. The number of fused-ring (bicyclic) bond motifs is 1. The van der Waals surface area contributed by atoms with Crippen molar-refractivity contribution in [1.82, 2.24) is 19.8 Å². The third kappa shape index (κ3) is 8.25. The van der Waals surface area contributed by atoms with Crippen LogP contribution in [0.15, 0.2) is 53.4 Å². The van der Waals surface area contributed by atoms with Gasteiger partial charge < -0.3 is 19.9 Å². The van der Waals surface area contributed by atoms with Gasteiger partial charge in [-0.05, 0) is 48.1 Å². The van der Waals surface area contributed by atoms with Crippen LogP contribution in [0.4, 0.5) is 0 Å². The van der Waals surface area contributed by atoms with Crippen LogP contribution in [0.3, 0.4) is 0 Å². The van der Waals surface area contributed by atoms with E-state index in [0.717, 1.165) is 10.1 Å². The molecule has 0 bridgehead atoms. The Hall–Kier alpha value is -2.74. The van der Waals surface area contributed by atoms with Crippen molar-refractivity contribution in [3.8, 4) is 0 Å². The number of carbonyl (C=O) groups is 3. The fourth-order valence-corrected chi connectivity index (χ4v) is 7.78. The zero-order chi connectivity index (χ0) is 31.3. The van der Waals surface area contributed by atoms with Gasteiger partial charge in [-0.25, -0.2) is 8.42 Å². The molecule has 1 saturated heterocycles. The molecule has 3 amide bonds. The fraction of sp³-hybridized carbons (Fsp3) is 0.414. The Morgan fingerprint density at radius 3 is 2.16 bits per heavy atom. The number of sulfonamides is 1. The number of carbonyl (C=O) groups excluding carboxylic acids is 3. The molecule has 0 spiro atoms. The number of ether oxygens (including phenoxy) is 1. The van der Waals surface area contributed by atoms with Crippen LogP contribution in [0.25, 0.3) is 10.1 Å². The van der Waals surface area contributed by atoms with Crippen LogP contribution in [0, 0.1) is 5.92 Å². The van der Waals surface area contributed by atoms with Gasteiger partial charge in [-0.1, -0.05) is 55.2 Å². The second-order valence-corrected chi connectivity index (χ2v) is 14.3. The van der Waals surface area contributed by atoms with E-state index in [-0.39, 0.29) is 65.5 Å². The van der Waals surface area contributed by atoms with Gasteiger partial charge in [-0.2, -0.15) is 4.72 Å². The Morgan fingerprint density at radius 2 is 1.58 bits per heavy atom. The molecule has 2 aromatic carbocycles. The van der Waals surface area contributed by atoms with Crippen molar-refractivity contribution in [3.63, 3.8) is 0 Å². The molecule has 2 heterocycles. The Bertz CT molecular complexity index is 1560. The molecule has 1 aliphatic heterocycles. The zero-order valence-electron chi connectivity index (χ0n) is 24.0. The summed E-state index contributed by atoms with van der Waals surface area (Å²) in [5, 5.41) is 4.09. The summed E-state index contributed by atoms with van der Waals surface area (Å²) in [4.78, 5) is 43.5. The lowest BCUT2D eigenvalue weighted by Crippen LogP contribution is -2.59. The largest absolute Gasteiger partial charge is 0.382 e. The normalized spacial score (nSPS) is 15.5. The van der Waals surface area contributed by atoms with Gasteiger partial charge in [0.25, 0.3) is 5.91 Å². The minimum absolute atomic E-state index is 0.0776. The maximum absolute atomic E-state index is 13.6. The number of nitrogens with zero attached hydrogens (tertiary/aromatic N) is 2. The monoisotopic (exact) mass is 668 g/mol. The van der Waals surface area contributed by atoms with E-state index in [0.29, 0.717) is 11.3 Å². The summed E-state index contributed by atoms with van der Waals surface area (Å²) in [6, 6.07) is 11.6. The van der Waals surface area contributed by atoms with Gasteiger partial charge >= 0.3 is 0 Å². The third-order valence-corrected chi connectivity index (χ3v) is 10.3. The third-order valence-electron chi connectivity index (χ3n) is 6.98. The molecule has 1 aliphatic rings. The average molecular weight is 670 g/mol. The van der Waals surface area contributed by atoms with Crippen LogP contribution in [-0.2, 0) is 24.3 Å². The van der Waals surface area contributed by atoms with Gasteiger partial charge in [-0.15, -0.1) is 11.3 Å². The summed E-state index contributed by atoms with van der Waals surface area (Å²) < 4.78 is 34.6. The van der Waals surface area contributed by atoms with Crippen LogP contribution >= 0.6 is 34.5 Å². The highest BCUT2D eigenvalue weighted by molar-refractivity contribution is 7.89. The molecule has 43 heavy (non-hydrogen) atoms. The second kappa shape index (κ2) is 14.4. The first-order valence-electron chi connectivity index (χ1n) is 13.7. The molecule has 0 aliphatic carbocycles. The highest BCUT2D eigenvalue weighted by Gasteiger charge is 2.35. The SMILES string of the molecule is COC[C@H](NS(=O)(=O)c1ccc(Cl)cc1Cl)C(=O)N1CCN(C(=O)[C@H](CC(C)C)NC(=O)c2cc3ccccc3s2)CC1. The van der Waals surface area contributed by atoms with E-state index in [9.17, 15) is 22.8 Å². The molecule has 10 nitrogen and oxygen atoms in total. The molecule has 0 radical (unpaired) electrons. The summed E-state index contributed by atoms with van der Waals surface area (Å²) in [5.41, 5.74) is 0. The van der Waals surface area contributed by atoms with Gasteiger partial charge in [0.2, 0.25) is 21.8 Å². The predicted octanol–water partition coefficient (Wildman–Crippen LogP) is 4.02. The molecular weight excluding hydrogens is 635 g/mol.